The average Bonchev–Trinajstić information content (AvgIpc) is 2.20. The van der Waals surface area contributed by atoms with E-state index in [-0.39, 0.29) is 6.61 Å². The van der Waals surface area contributed by atoms with Gasteiger partial charge in [-0.2, -0.15) is 13.2 Å². The van der Waals surface area contributed by atoms with E-state index in [1.165, 1.54) is 12.1 Å². The van der Waals surface area contributed by atoms with E-state index in [1.54, 1.807) is 0 Å². The molecule has 0 radical (unpaired) electrons. The molecule has 3 nitrogen and oxygen atoms in total. The number of halogens is 3. The Balaban J connectivity index is 0.000000791. The Bertz CT molecular complexity index is 258. The van der Waals surface area contributed by atoms with E-state index in [0.29, 0.717) is 5.56 Å². The average molecular weight is 209 g/mol. The molecule has 1 rings (SSSR count). The fourth-order valence-corrected chi connectivity index (χ4v) is 0.799. The Morgan fingerprint density at radius 2 is 1.50 bits per heavy atom. The van der Waals surface area contributed by atoms with Crippen molar-refractivity contribution >= 4 is 0 Å². The van der Waals surface area contributed by atoms with Crippen LogP contribution in [0.15, 0.2) is 24.3 Å². The lowest BCUT2D eigenvalue weighted by Crippen LogP contribution is -2.04. The highest BCUT2D eigenvalue weighted by Gasteiger charge is 2.29. The van der Waals surface area contributed by atoms with Gasteiger partial charge in [0, 0.05) is 0 Å². The lowest BCUT2D eigenvalue weighted by molar-refractivity contribution is -0.137. The fourth-order valence-electron chi connectivity index (χ4n) is 0.799. The number of hydrogen-bond acceptors (Lipinski definition) is 3. The molecule has 0 aliphatic carbocycles. The molecular weight excluding hydrogens is 199 g/mol. The van der Waals surface area contributed by atoms with Gasteiger partial charge in [0.1, 0.15) is 0 Å². The van der Waals surface area contributed by atoms with Gasteiger partial charge < -0.3 is 10.3 Å². The van der Waals surface area contributed by atoms with E-state index in [9.17, 15) is 13.2 Å². The molecule has 0 saturated heterocycles. The molecule has 0 unspecified atom stereocenters. The number of hydrogen-bond donors (Lipinski definition) is 3. The molecular formula is C8H10F3NO2. The van der Waals surface area contributed by atoms with Crippen molar-refractivity contribution in [3.8, 4) is 0 Å². The highest BCUT2D eigenvalue weighted by atomic mass is 19.4. The van der Waals surface area contributed by atoms with Gasteiger partial charge in [-0.15, -0.1) is 0 Å². The maximum atomic E-state index is 12.0. The SMILES string of the molecule is NO.OCc1ccc(C(F)(F)F)cc1. The van der Waals surface area contributed by atoms with E-state index >= 15 is 0 Å². The van der Waals surface area contributed by atoms with Crippen molar-refractivity contribution in [3.63, 3.8) is 0 Å². The third kappa shape index (κ3) is 3.73. The maximum absolute atomic E-state index is 12.0. The molecule has 14 heavy (non-hydrogen) atoms. The smallest absolute Gasteiger partial charge is 0.392 e. The Hall–Kier alpha value is -1.11. The summed E-state index contributed by atoms with van der Waals surface area (Å²) >= 11 is 0. The molecule has 0 aliphatic rings. The molecule has 0 bridgehead atoms. The first-order valence-corrected chi connectivity index (χ1v) is 3.57. The summed E-state index contributed by atoms with van der Waals surface area (Å²) in [4.78, 5) is 0. The van der Waals surface area contributed by atoms with Crippen LogP contribution >= 0.6 is 0 Å². The highest BCUT2D eigenvalue weighted by molar-refractivity contribution is 5.23. The molecule has 6 heteroatoms. The zero-order chi connectivity index (χ0) is 11.2. The molecule has 80 valence electrons. The second-order valence-electron chi connectivity index (χ2n) is 2.35. The fraction of sp³-hybridized carbons (Fsp3) is 0.250. The van der Waals surface area contributed by atoms with Crippen molar-refractivity contribution in [2.45, 2.75) is 12.8 Å². The van der Waals surface area contributed by atoms with Crippen LogP contribution in [0.4, 0.5) is 13.2 Å². The summed E-state index contributed by atoms with van der Waals surface area (Å²) in [7, 11) is 0. The Morgan fingerprint density at radius 1 is 1.07 bits per heavy atom. The van der Waals surface area contributed by atoms with E-state index < -0.39 is 11.7 Å². The molecule has 0 atom stereocenters. The molecule has 0 spiro atoms. The van der Waals surface area contributed by atoms with Gasteiger partial charge in [0.05, 0.1) is 12.2 Å². The minimum Gasteiger partial charge on any atom is -0.392 e. The van der Waals surface area contributed by atoms with E-state index in [1.807, 2.05) is 0 Å². The van der Waals surface area contributed by atoms with Crippen LogP contribution in [0.1, 0.15) is 11.1 Å². The number of benzene rings is 1. The summed E-state index contributed by atoms with van der Waals surface area (Å²) in [6, 6.07) is 4.41. The standard InChI is InChI=1S/C8H7F3O.H3NO/c9-8(10,11)7-3-1-6(5-12)2-4-7;1-2/h1-4,12H,5H2;2H,1H2. The predicted octanol–water partition coefficient (Wildman–Crippen LogP) is 1.53. The second-order valence-corrected chi connectivity index (χ2v) is 2.35. The van der Waals surface area contributed by atoms with Gasteiger partial charge in [-0.25, -0.2) is 5.90 Å². The minimum atomic E-state index is -4.30. The summed E-state index contributed by atoms with van der Waals surface area (Å²) in [5.41, 5.74) is -0.220. The number of rotatable bonds is 1. The quantitative estimate of drug-likeness (QED) is 0.614. The van der Waals surface area contributed by atoms with Crippen LogP contribution in [0.2, 0.25) is 0 Å². The van der Waals surface area contributed by atoms with Gasteiger partial charge in [0.25, 0.3) is 0 Å². The van der Waals surface area contributed by atoms with E-state index in [2.05, 4.69) is 5.90 Å². The van der Waals surface area contributed by atoms with Crippen LogP contribution < -0.4 is 5.90 Å². The summed E-state index contributed by atoms with van der Waals surface area (Å²) in [5, 5.41) is 15.1. The maximum Gasteiger partial charge on any atom is 0.416 e. The topological polar surface area (TPSA) is 66.5 Å². The van der Waals surface area contributed by atoms with Gasteiger partial charge in [0.15, 0.2) is 0 Å². The summed E-state index contributed by atoms with van der Waals surface area (Å²) in [6.45, 7) is -0.238. The molecule has 0 saturated carbocycles. The third-order valence-corrected chi connectivity index (χ3v) is 1.46. The first kappa shape index (κ1) is 12.9. The zero-order valence-corrected chi connectivity index (χ0v) is 7.12. The van der Waals surface area contributed by atoms with Gasteiger partial charge in [-0.3, -0.25) is 0 Å². The van der Waals surface area contributed by atoms with Crippen LogP contribution in [-0.2, 0) is 12.8 Å². The predicted molar refractivity (Wildman–Crippen MR) is 43.3 cm³/mol. The van der Waals surface area contributed by atoms with Crippen LogP contribution in [0.25, 0.3) is 0 Å². The lowest BCUT2D eigenvalue weighted by Gasteiger charge is -2.05. The molecule has 0 aliphatic heterocycles. The molecule has 0 heterocycles. The molecule has 0 aromatic heterocycles. The van der Waals surface area contributed by atoms with Gasteiger partial charge in [0.2, 0.25) is 0 Å². The number of aliphatic hydroxyl groups is 1. The van der Waals surface area contributed by atoms with Gasteiger partial charge in [-0.1, -0.05) is 12.1 Å². The Morgan fingerprint density at radius 3 is 1.79 bits per heavy atom. The Labute approximate surface area is 78.5 Å². The zero-order valence-electron chi connectivity index (χ0n) is 7.12. The summed E-state index contributed by atoms with van der Waals surface area (Å²) < 4.78 is 35.9. The normalized spacial score (nSPS) is 10.4. The van der Waals surface area contributed by atoms with Crippen molar-refractivity contribution in [3.05, 3.63) is 35.4 Å². The molecule has 4 N–H and O–H groups in total. The van der Waals surface area contributed by atoms with Crippen molar-refractivity contribution < 1.29 is 23.5 Å². The van der Waals surface area contributed by atoms with Gasteiger partial charge in [-0.05, 0) is 17.7 Å². The minimum absolute atomic E-state index is 0.238. The lowest BCUT2D eigenvalue weighted by atomic mass is 10.1. The summed E-state index contributed by atoms with van der Waals surface area (Å²) in [6.07, 6.45) is -4.30. The van der Waals surface area contributed by atoms with Crippen molar-refractivity contribution in [1.29, 1.82) is 0 Å². The van der Waals surface area contributed by atoms with E-state index in [0.717, 1.165) is 12.1 Å². The van der Waals surface area contributed by atoms with Crippen molar-refractivity contribution in [1.82, 2.24) is 0 Å². The first-order chi connectivity index (χ1) is 6.54. The highest BCUT2D eigenvalue weighted by Crippen LogP contribution is 2.28. The van der Waals surface area contributed by atoms with Crippen LogP contribution in [-0.4, -0.2) is 10.3 Å². The van der Waals surface area contributed by atoms with E-state index in [4.69, 9.17) is 10.3 Å². The van der Waals surface area contributed by atoms with Crippen molar-refractivity contribution in [2.75, 3.05) is 0 Å². The summed E-state index contributed by atoms with van der Waals surface area (Å²) in [5.74, 6) is 3.50. The Kier molecular flexibility index (Phi) is 5.14. The van der Waals surface area contributed by atoms with Crippen LogP contribution in [0, 0.1) is 0 Å². The molecule has 1 aromatic carbocycles. The molecule has 0 fully saturated rings. The third-order valence-electron chi connectivity index (χ3n) is 1.46. The number of alkyl halides is 3. The number of nitrogens with two attached hydrogens (primary N) is 1. The van der Waals surface area contributed by atoms with Crippen LogP contribution in [0.5, 0.6) is 0 Å². The second kappa shape index (κ2) is 5.58. The monoisotopic (exact) mass is 209 g/mol. The number of aliphatic hydroxyl groups excluding tert-OH is 1. The molecule has 1 aromatic rings. The van der Waals surface area contributed by atoms with Crippen LogP contribution in [0.3, 0.4) is 0 Å². The molecule has 0 amide bonds. The first-order valence-electron chi connectivity index (χ1n) is 3.57. The van der Waals surface area contributed by atoms with Gasteiger partial charge >= 0.3 is 6.18 Å². The van der Waals surface area contributed by atoms with Crippen molar-refractivity contribution in [2.24, 2.45) is 5.90 Å². The largest absolute Gasteiger partial charge is 0.416 e.